The van der Waals surface area contributed by atoms with Gasteiger partial charge in [0.15, 0.2) is 5.82 Å². The zero-order valence-electron chi connectivity index (χ0n) is 12.9. The van der Waals surface area contributed by atoms with E-state index in [-0.39, 0.29) is 5.56 Å². The molecular weight excluding hydrogens is 300 g/mol. The van der Waals surface area contributed by atoms with E-state index in [1.807, 2.05) is 60.8 Å². The largest absolute Gasteiger partial charge is 0.382 e. The summed E-state index contributed by atoms with van der Waals surface area (Å²) in [4.78, 5) is 12.2. The van der Waals surface area contributed by atoms with Gasteiger partial charge in [-0.15, -0.1) is 0 Å². The maximum Gasteiger partial charge on any atom is 0.250 e. The van der Waals surface area contributed by atoms with Gasteiger partial charge in [0.2, 0.25) is 0 Å². The molecule has 0 bridgehead atoms. The first kappa shape index (κ1) is 14.3. The number of hydrogen-bond donors (Lipinski definition) is 2. The molecule has 0 saturated carbocycles. The summed E-state index contributed by atoms with van der Waals surface area (Å²) >= 11 is 0. The van der Waals surface area contributed by atoms with E-state index in [4.69, 9.17) is 5.73 Å². The van der Waals surface area contributed by atoms with Crippen LogP contribution in [0.2, 0.25) is 0 Å². The first-order valence-corrected chi connectivity index (χ1v) is 7.69. The highest BCUT2D eigenvalue weighted by Crippen LogP contribution is 2.25. The minimum absolute atomic E-state index is 0.0190. The van der Waals surface area contributed by atoms with Gasteiger partial charge in [0.05, 0.1) is 12.1 Å². The van der Waals surface area contributed by atoms with Crippen molar-refractivity contribution in [3.8, 4) is 11.1 Å². The van der Waals surface area contributed by atoms with E-state index >= 15 is 0 Å². The molecule has 0 amide bonds. The Morgan fingerprint density at radius 3 is 2.62 bits per heavy atom. The standard InChI is InChI=1S/C19H16N4O/c20-19-16-8-6-14(10-17(16)21-22-19)15-7-9-18(24)23(12-15)11-13-4-2-1-3-5-13/h1-10,12H,11H2,(H3,20,21,22). The Morgan fingerprint density at radius 1 is 1.00 bits per heavy atom. The molecule has 5 heteroatoms. The lowest BCUT2D eigenvalue weighted by Crippen LogP contribution is -2.19. The molecule has 0 aliphatic heterocycles. The van der Waals surface area contributed by atoms with E-state index in [2.05, 4.69) is 10.2 Å². The number of aromatic nitrogens is 3. The Kier molecular flexibility index (Phi) is 3.39. The molecule has 5 nitrogen and oxygen atoms in total. The molecule has 3 N–H and O–H groups in total. The van der Waals surface area contributed by atoms with Crippen LogP contribution in [0.5, 0.6) is 0 Å². The van der Waals surface area contributed by atoms with Gasteiger partial charge in [0.1, 0.15) is 0 Å². The van der Waals surface area contributed by atoms with Crippen LogP contribution in [0, 0.1) is 0 Å². The molecule has 0 spiro atoms. The van der Waals surface area contributed by atoms with Gasteiger partial charge in [-0.05, 0) is 34.9 Å². The number of benzene rings is 2. The van der Waals surface area contributed by atoms with Crippen LogP contribution in [-0.4, -0.2) is 14.8 Å². The Bertz CT molecular complexity index is 1060. The summed E-state index contributed by atoms with van der Waals surface area (Å²) in [7, 11) is 0. The highest BCUT2D eigenvalue weighted by Gasteiger charge is 2.06. The van der Waals surface area contributed by atoms with Gasteiger partial charge in [-0.2, -0.15) is 5.10 Å². The van der Waals surface area contributed by atoms with Crippen LogP contribution in [0.3, 0.4) is 0 Å². The van der Waals surface area contributed by atoms with Gasteiger partial charge in [-0.1, -0.05) is 36.4 Å². The molecule has 4 aromatic rings. The second kappa shape index (κ2) is 5.70. The number of nitrogen functional groups attached to an aromatic ring is 1. The van der Waals surface area contributed by atoms with Gasteiger partial charge in [0, 0.05) is 17.6 Å². The molecule has 118 valence electrons. The summed E-state index contributed by atoms with van der Waals surface area (Å²) in [5, 5.41) is 7.84. The fourth-order valence-corrected chi connectivity index (χ4v) is 2.83. The maximum atomic E-state index is 12.2. The van der Waals surface area contributed by atoms with E-state index < -0.39 is 0 Å². The summed E-state index contributed by atoms with van der Waals surface area (Å²) in [6, 6.07) is 19.3. The average Bonchev–Trinajstić information content (AvgIpc) is 2.98. The van der Waals surface area contributed by atoms with Gasteiger partial charge >= 0.3 is 0 Å². The molecule has 0 aliphatic rings. The van der Waals surface area contributed by atoms with Crippen LogP contribution in [0.25, 0.3) is 22.0 Å². The van der Waals surface area contributed by atoms with E-state index in [1.165, 1.54) is 0 Å². The van der Waals surface area contributed by atoms with E-state index in [0.717, 1.165) is 27.6 Å². The van der Waals surface area contributed by atoms with Gasteiger partial charge < -0.3 is 10.3 Å². The number of hydrogen-bond acceptors (Lipinski definition) is 3. The Morgan fingerprint density at radius 2 is 1.79 bits per heavy atom. The molecule has 0 aliphatic carbocycles. The van der Waals surface area contributed by atoms with Crippen molar-refractivity contribution in [1.29, 1.82) is 0 Å². The highest BCUT2D eigenvalue weighted by atomic mass is 16.1. The third-order valence-electron chi connectivity index (χ3n) is 4.10. The normalized spacial score (nSPS) is 11.0. The summed E-state index contributed by atoms with van der Waals surface area (Å²) in [6.45, 7) is 0.548. The number of pyridine rings is 1. The molecule has 0 fully saturated rings. The van der Waals surface area contributed by atoms with Crippen LogP contribution in [-0.2, 0) is 6.54 Å². The number of anilines is 1. The Hall–Kier alpha value is -3.34. The van der Waals surface area contributed by atoms with Crippen molar-refractivity contribution >= 4 is 16.7 Å². The molecule has 2 aromatic carbocycles. The lowest BCUT2D eigenvalue weighted by atomic mass is 10.1. The van der Waals surface area contributed by atoms with Crippen LogP contribution in [0.15, 0.2) is 71.7 Å². The van der Waals surface area contributed by atoms with Gasteiger partial charge in [-0.25, -0.2) is 0 Å². The zero-order valence-corrected chi connectivity index (χ0v) is 12.9. The van der Waals surface area contributed by atoms with Crippen molar-refractivity contribution in [1.82, 2.24) is 14.8 Å². The number of nitrogens with one attached hydrogen (secondary N) is 1. The number of fused-ring (bicyclic) bond motifs is 1. The molecule has 2 aromatic heterocycles. The van der Waals surface area contributed by atoms with Crippen LogP contribution in [0.1, 0.15) is 5.56 Å². The fraction of sp³-hybridized carbons (Fsp3) is 0.0526. The molecule has 4 rings (SSSR count). The zero-order chi connectivity index (χ0) is 16.5. The minimum atomic E-state index is -0.0190. The lowest BCUT2D eigenvalue weighted by molar-refractivity contribution is 0.761. The molecular formula is C19H16N4O. The van der Waals surface area contributed by atoms with Crippen LogP contribution in [0.4, 0.5) is 5.82 Å². The van der Waals surface area contributed by atoms with Crippen molar-refractivity contribution in [2.75, 3.05) is 5.73 Å². The smallest absolute Gasteiger partial charge is 0.250 e. The first-order chi connectivity index (χ1) is 11.7. The Labute approximate surface area is 138 Å². The molecule has 0 unspecified atom stereocenters. The van der Waals surface area contributed by atoms with Crippen molar-refractivity contribution in [3.05, 3.63) is 82.8 Å². The van der Waals surface area contributed by atoms with E-state index in [1.54, 1.807) is 10.6 Å². The highest BCUT2D eigenvalue weighted by molar-refractivity contribution is 5.91. The van der Waals surface area contributed by atoms with E-state index in [9.17, 15) is 4.79 Å². The lowest BCUT2D eigenvalue weighted by Gasteiger charge is -2.09. The Balaban J connectivity index is 1.75. The monoisotopic (exact) mass is 316 g/mol. The summed E-state index contributed by atoms with van der Waals surface area (Å²) in [6.07, 6.45) is 1.89. The first-order valence-electron chi connectivity index (χ1n) is 7.69. The third kappa shape index (κ3) is 2.56. The quantitative estimate of drug-likeness (QED) is 0.610. The van der Waals surface area contributed by atoms with Gasteiger partial charge in [-0.3, -0.25) is 9.89 Å². The summed E-state index contributed by atoms with van der Waals surface area (Å²) in [5.41, 5.74) is 9.74. The molecule has 0 atom stereocenters. The van der Waals surface area contributed by atoms with Crippen LogP contribution < -0.4 is 11.3 Å². The van der Waals surface area contributed by atoms with Crippen molar-refractivity contribution in [3.63, 3.8) is 0 Å². The van der Waals surface area contributed by atoms with Gasteiger partial charge in [0.25, 0.3) is 5.56 Å². The second-order valence-electron chi connectivity index (χ2n) is 5.74. The predicted octanol–water partition coefficient (Wildman–Crippen LogP) is 3.02. The number of nitrogens with zero attached hydrogens (tertiary/aromatic N) is 2. The SMILES string of the molecule is Nc1n[nH]c2cc(-c3ccc(=O)n(Cc4ccccc4)c3)ccc12. The molecule has 0 saturated heterocycles. The fourth-order valence-electron chi connectivity index (χ4n) is 2.83. The molecule has 2 heterocycles. The molecule has 0 radical (unpaired) electrons. The van der Waals surface area contributed by atoms with Crippen molar-refractivity contribution in [2.24, 2.45) is 0 Å². The van der Waals surface area contributed by atoms with Crippen molar-refractivity contribution in [2.45, 2.75) is 6.54 Å². The van der Waals surface area contributed by atoms with Crippen LogP contribution >= 0.6 is 0 Å². The second-order valence-corrected chi connectivity index (χ2v) is 5.74. The number of aromatic amines is 1. The minimum Gasteiger partial charge on any atom is -0.382 e. The maximum absolute atomic E-state index is 12.2. The topological polar surface area (TPSA) is 76.7 Å². The van der Waals surface area contributed by atoms with Crippen molar-refractivity contribution < 1.29 is 0 Å². The summed E-state index contributed by atoms with van der Waals surface area (Å²) < 4.78 is 1.72. The number of nitrogens with two attached hydrogens (primary N) is 1. The van der Waals surface area contributed by atoms with E-state index in [0.29, 0.717) is 12.4 Å². The average molecular weight is 316 g/mol. The predicted molar refractivity (Wildman–Crippen MR) is 95.7 cm³/mol. The number of H-pyrrole nitrogens is 1. The third-order valence-corrected chi connectivity index (χ3v) is 4.10. The molecule has 24 heavy (non-hydrogen) atoms. The summed E-state index contributed by atoms with van der Waals surface area (Å²) in [5.74, 6) is 0.491. The number of rotatable bonds is 3.